The topological polar surface area (TPSA) is 90.8 Å². The average Bonchev–Trinajstić information content (AvgIpc) is 3.26. The Balaban J connectivity index is 1.30. The smallest absolute Gasteiger partial charge is 0.205 e. The lowest BCUT2D eigenvalue weighted by molar-refractivity contribution is 1.38. The van der Waals surface area contributed by atoms with Gasteiger partial charge in [0.05, 0.1) is 55.0 Å². The molecule has 2 aromatic heterocycles. The van der Waals surface area contributed by atoms with E-state index in [0.29, 0.717) is 27.8 Å². The average molecular weight is 709 g/mol. The minimum Gasteiger partial charge on any atom is -0.256 e. The largest absolute Gasteiger partial charge is 0.256 e. The molecule has 0 atom stereocenters. The van der Waals surface area contributed by atoms with Gasteiger partial charge < -0.3 is 0 Å². The summed E-state index contributed by atoms with van der Waals surface area (Å²) < 4.78 is 0. The number of benzene rings is 7. The van der Waals surface area contributed by atoms with Gasteiger partial charge in [-0.25, -0.2) is 9.69 Å². The van der Waals surface area contributed by atoms with E-state index >= 15 is 0 Å². The van der Waals surface area contributed by atoms with E-state index in [1.54, 1.807) is 54.9 Å². The molecule has 0 aliphatic rings. The second-order valence-corrected chi connectivity index (χ2v) is 13.1. The summed E-state index contributed by atoms with van der Waals surface area (Å²) >= 11 is 0. The third-order valence-corrected chi connectivity index (χ3v) is 10.2. The van der Waals surface area contributed by atoms with Gasteiger partial charge in [-0.1, -0.05) is 54.6 Å². The van der Waals surface area contributed by atoms with E-state index in [1.807, 2.05) is 48.5 Å². The first kappa shape index (κ1) is 33.0. The van der Waals surface area contributed by atoms with Gasteiger partial charge in [0.2, 0.25) is 5.69 Å². The molecule has 0 aliphatic heterocycles. The minimum absolute atomic E-state index is 0.224. The van der Waals surface area contributed by atoms with E-state index in [-0.39, 0.29) is 22.6 Å². The van der Waals surface area contributed by atoms with Crippen LogP contribution in [0, 0.1) is 49.0 Å². The summed E-state index contributed by atoms with van der Waals surface area (Å²) in [4.78, 5) is 24.2. The van der Waals surface area contributed by atoms with E-state index in [1.165, 1.54) is 0 Å². The Morgan fingerprint density at radius 1 is 0.429 bits per heavy atom. The van der Waals surface area contributed by atoms with Crippen LogP contribution in [0.1, 0.15) is 11.1 Å². The third-order valence-electron chi connectivity index (χ3n) is 10.2. The molecule has 0 radical (unpaired) electrons. The Kier molecular flexibility index (Phi) is 7.61. The number of hydrogen-bond acceptors (Lipinski definition) is 4. The summed E-state index contributed by atoms with van der Waals surface area (Å²) in [6.45, 7) is 30.9. The first-order valence-corrected chi connectivity index (χ1v) is 17.2. The highest BCUT2D eigenvalue weighted by Crippen LogP contribution is 2.46. The van der Waals surface area contributed by atoms with Crippen LogP contribution in [0.5, 0.6) is 0 Å². The molecule has 0 fully saturated rings. The lowest BCUT2D eigenvalue weighted by atomic mass is 9.88. The molecule has 9 rings (SSSR count). The molecular weight excluding hydrogens is 689 g/mol. The van der Waals surface area contributed by atoms with Crippen LogP contribution in [-0.2, 0) is 0 Å². The molecule has 56 heavy (non-hydrogen) atoms. The van der Waals surface area contributed by atoms with Gasteiger partial charge in [0.25, 0.3) is 0 Å². The number of rotatable bonds is 3. The molecule has 8 heteroatoms. The second kappa shape index (κ2) is 12.9. The van der Waals surface area contributed by atoms with Crippen molar-refractivity contribution in [3.63, 3.8) is 0 Å². The lowest BCUT2D eigenvalue weighted by Gasteiger charge is -2.17. The summed E-state index contributed by atoms with van der Waals surface area (Å²) in [5.74, 6) is 0. The van der Waals surface area contributed by atoms with Gasteiger partial charge >= 0.3 is 0 Å². The maximum absolute atomic E-state index is 10.00. The molecule has 0 aliphatic carbocycles. The van der Waals surface area contributed by atoms with Crippen LogP contribution < -0.4 is 0 Å². The lowest BCUT2D eigenvalue weighted by Crippen LogP contribution is -1.95. The van der Waals surface area contributed by atoms with Crippen molar-refractivity contribution in [2.45, 2.75) is 0 Å². The van der Waals surface area contributed by atoms with Crippen LogP contribution >= 0.6 is 0 Å². The van der Waals surface area contributed by atoms with Crippen LogP contribution in [0.15, 0.2) is 122 Å². The summed E-state index contributed by atoms with van der Waals surface area (Å²) in [5, 5.41) is 26.3. The maximum atomic E-state index is 10.00. The first-order chi connectivity index (χ1) is 27.5. The van der Waals surface area contributed by atoms with Crippen LogP contribution in [0.2, 0.25) is 0 Å². The second-order valence-electron chi connectivity index (χ2n) is 13.1. The van der Waals surface area contributed by atoms with Crippen LogP contribution in [-0.4, -0.2) is 9.97 Å². The molecule has 8 nitrogen and oxygen atoms in total. The van der Waals surface area contributed by atoms with Crippen molar-refractivity contribution in [3.05, 3.63) is 178 Å². The van der Waals surface area contributed by atoms with E-state index in [0.717, 1.165) is 70.9 Å². The Hall–Kier alpha value is -8.92. The number of aromatic nitrogens is 2. The van der Waals surface area contributed by atoms with Gasteiger partial charge in [-0.2, -0.15) is 10.5 Å². The van der Waals surface area contributed by atoms with Gasteiger partial charge in [0.15, 0.2) is 17.1 Å². The van der Waals surface area contributed by atoms with Crippen molar-refractivity contribution in [3.8, 4) is 45.5 Å². The molecule has 0 amide bonds. The number of nitriles is 2. The fourth-order valence-electron chi connectivity index (χ4n) is 7.79. The number of hydrogen-bond donors (Lipinski definition) is 0. The summed E-state index contributed by atoms with van der Waals surface area (Å²) in [7, 11) is 0. The SMILES string of the molecule is [C-]#[N+]c1cc(C#N)cc(-c2c3ncccc3c(-c3cccc(-c4ccc5c(c4)c4cc(C#N)c([N+]#[C-])cc4c4cc([N+]#[C-])c([N+]#[C-])cc54)c3)c3cccnc23)c1. The molecule has 7 aromatic carbocycles. The number of nitrogens with zero attached hydrogens (tertiary/aromatic N) is 8. The summed E-state index contributed by atoms with van der Waals surface area (Å²) in [6.07, 6.45) is 3.46. The molecule has 0 unspecified atom stereocenters. The quantitative estimate of drug-likeness (QED) is 0.104. The predicted molar refractivity (Wildman–Crippen MR) is 220 cm³/mol. The molecule has 9 aromatic rings. The fraction of sp³-hybridized carbons (Fsp3) is 0. The molecule has 0 spiro atoms. The zero-order valence-corrected chi connectivity index (χ0v) is 29.1. The molecular formula is C48H20N8. The summed E-state index contributed by atoms with van der Waals surface area (Å²) in [5.41, 5.74) is 8.26. The molecule has 0 N–H and O–H groups in total. The molecule has 0 saturated heterocycles. The highest BCUT2D eigenvalue weighted by atomic mass is 14.8. The summed E-state index contributed by atoms with van der Waals surface area (Å²) in [6, 6.07) is 38.6. The third kappa shape index (κ3) is 5.02. The van der Waals surface area contributed by atoms with Crippen LogP contribution in [0.3, 0.4) is 0 Å². The molecule has 0 bridgehead atoms. The van der Waals surface area contributed by atoms with E-state index in [4.69, 9.17) is 36.3 Å². The van der Waals surface area contributed by atoms with Crippen LogP contribution in [0.25, 0.3) is 107 Å². The van der Waals surface area contributed by atoms with Crippen molar-refractivity contribution in [1.82, 2.24) is 9.97 Å². The van der Waals surface area contributed by atoms with Crippen molar-refractivity contribution in [2.24, 2.45) is 0 Å². The number of pyridine rings is 2. The Bertz CT molecular complexity index is 3410. The minimum atomic E-state index is 0.224. The van der Waals surface area contributed by atoms with Crippen molar-refractivity contribution < 1.29 is 0 Å². The highest BCUT2D eigenvalue weighted by molar-refractivity contribution is 6.28. The zero-order chi connectivity index (χ0) is 38.5. The predicted octanol–water partition coefficient (Wildman–Crippen LogP) is 13.2. The van der Waals surface area contributed by atoms with Crippen LogP contribution in [0.4, 0.5) is 22.7 Å². The monoisotopic (exact) mass is 708 g/mol. The Morgan fingerprint density at radius 3 is 1.64 bits per heavy atom. The van der Waals surface area contributed by atoms with Crippen molar-refractivity contribution >= 4 is 76.9 Å². The van der Waals surface area contributed by atoms with Crippen molar-refractivity contribution in [1.29, 1.82) is 10.5 Å². The van der Waals surface area contributed by atoms with E-state index < -0.39 is 0 Å². The number of fused-ring (bicyclic) bond motifs is 8. The molecule has 2 heterocycles. The van der Waals surface area contributed by atoms with Gasteiger partial charge in [-0.3, -0.25) is 19.7 Å². The van der Waals surface area contributed by atoms with Gasteiger partial charge in [0, 0.05) is 39.9 Å². The Labute approximate surface area is 320 Å². The molecule has 252 valence electrons. The maximum Gasteiger partial charge on any atom is 0.205 e. The van der Waals surface area contributed by atoms with Gasteiger partial charge in [-0.05, 0) is 109 Å². The van der Waals surface area contributed by atoms with Gasteiger partial charge in [-0.15, -0.1) is 0 Å². The highest BCUT2D eigenvalue weighted by Gasteiger charge is 2.21. The fourth-order valence-corrected chi connectivity index (χ4v) is 7.79. The standard InChI is InChI=1S/C48H20N8/c1-51-33-17-27(25-49)16-31(19-33)46-47-35(10-6-14-55-47)45(36-11-7-15-56-48(36)46)30-9-5-8-28(18-30)29-12-13-34-37(20-29)38-21-32(26-50)42(52-2)22-40(38)41-24-44(54-4)43(53-3)23-39(34)41/h5-24H. The normalized spacial score (nSPS) is 10.8. The zero-order valence-electron chi connectivity index (χ0n) is 29.1. The van der Waals surface area contributed by atoms with E-state index in [9.17, 15) is 10.5 Å². The first-order valence-electron chi connectivity index (χ1n) is 17.2. The van der Waals surface area contributed by atoms with E-state index in [2.05, 4.69) is 49.7 Å². The Morgan fingerprint density at radius 2 is 1.02 bits per heavy atom. The van der Waals surface area contributed by atoms with Crippen molar-refractivity contribution in [2.75, 3.05) is 0 Å². The van der Waals surface area contributed by atoms with Gasteiger partial charge in [0.1, 0.15) is 0 Å². The molecule has 0 saturated carbocycles.